The van der Waals surface area contributed by atoms with Crippen LogP contribution in [0.5, 0.6) is 11.6 Å². The Balaban J connectivity index is 1.61. The molecule has 4 aromatic rings. The van der Waals surface area contributed by atoms with Crippen molar-refractivity contribution in [2.24, 2.45) is 0 Å². The predicted molar refractivity (Wildman–Crippen MR) is 123 cm³/mol. The van der Waals surface area contributed by atoms with E-state index in [0.717, 1.165) is 11.1 Å². The summed E-state index contributed by atoms with van der Waals surface area (Å²) in [5.74, 6) is 0.745. The van der Waals surface area contributed by atoms with Crippen molar-refractivity contribution < 1.29 is 9.53 Å². The van der Waals surface area contributed by atoms with Crippen LogP contribution < -0.4 is 15.8 Å². The van der Waals surface area contributed by atoms with Gasteiger partial charge in [0, 0.05) is 23.5 Å². The molecule has 0 aliphatic heterocycles. The van der Waals surface area contributed by atoms with Gasteiger partial charge in [0.2, 0.25) is 11.8 Å². The number of benzene rings is 2. The Morgan fingerprint density at radius 1 is 1.22 bits per heavy atom. The number of nitrogens with zero attached hydrogens (tertiary/aromatic N) is 4. The predicted octanol–water partition coefficient (Wildman–Crippen LogP) is 4.20. The number of carbonyl (C=O) groups excluding carboxylic acids is 1. The number of amides is 1. The number of aromatic nitrogens is 4. The number of hydrogen-bond donors (Lipinski definition) is 2. The van der Waals surface area contributed by atoms with E-state index in [-0.39, 0.29) is 11.7 Å². The zero-order valence-electron chi connectivity index (χ0n) is 17.5. The summed E-state index contributed by atoms with van der Waals surface area (Å²) in [6, 6.07) is 15.2. The molecule has 0 spiro atoms. The standard InChI is InChI=1S/C24H22N6O2/c1-3-21(31)29-19-8-5-9-20(11-19)32-24-22(23(25)26-15-27-24)18-12-28-30(14-18)13-17-7-4-6-16(2)10-17/h3-12,14-15H,1,13H2,2H3,(H,29,31)(H2,25,26,27). The molecule has 32 heavy (non-hydrogen) atoms. The monoisotopic (exact) mass is 426 g/mol. The van der Waals surface area contributed by atoms with Crippen LogP contribution in [0.25, 0.3) is 11.1 Å². The molecule has 0 bridgehead atoms. The number of carbonyl (C=O) groups is 1. The first-order chi connectivity index (χ1) is 15.5. The lowest BCUT2D eigenvalue weighted by Crippen LogP contribution is -2.07. The summed E-state index contributed by atoms with van der Waals surface area (Å²) in [5.41, 5.74) is 10.4. The first-order valence-electron chi connectivity index (χ1n) is 9.92. The summed E-state index contributed by atoms with van der Waals surface area (Å²) in [6.07, 6.45) is 6.13. The summed E-state index contributed by atoms with van der Waals surface area (Å²) < 4.78 is 7.82. The zero-order valence-corrected chi connectivity index (χ0v) is 17.5. The van der Waals surface area contributed by atoms with Gasteiger partial charge in [-0.2, -0.15) is 5.10 Å². The Kier molecular flexibility index (Phi) is 5.94. The van der Waals surface area contributed by atoms with E-state index in [1.807, 2.05) is 16.9 Å². The van der Waals surface area contributed by atoms with E-state index in [0.29, 0.717) is 29.4 Å². The average molecular weight is 426 g/mol. The van der Waals surface area contributed by atoms with Crippen LogP contribution in [-0.2, 0) is 11.3 Å². The van der Waals surface area contributed by atoms with Gasteiger partial charge in [-0.15, -0.1) is 0 Å². The molecule has 2 heterocycles. The summed E-state index contributed by atoms with van der Waals surface area (Å²) in [6.45, 7) is 6.13. The molecule has 2 aromatic carbocycles. The van der Waals surface area contributed by atoms with Crippen LogP contribution in [0.1, 0.15) is 11.1 Å². The SMILES string of the molecule is C=CC(=O)Nc1cccc(Oc2ncnc(N)c2-c2cnn(Cc3cccc(C)c3)c2)c1. The van der Waals surface area contributed by atoms with Crippen molar-refractivity contribution in [2.75, 3.05) is 11.1 Å². The van der Waals surface area contributed by atoms with Crippen LogP contribution in [-0.4, -0.2) is 25.7 Å². The van der Waals surface area contributed by atoms with E-state index in [1.54, 1.807) is 30.5 Å². The number of nitrogens with one attached hydrogen (secondary N) is 1. The molecule has 160 valence electrons. The van der Waals surface area contributed by atoms with E-state index < -0.39 is 0 Å². The Bertz CT molecular complexity index is 1280. The van der Waals surface area contributed by atoms with Crippen molar-refractivity contribution in [3.8, 4) is 22.8 Å². The number of nitrogens with two attached hydrogens (primary N) is 1. The van der Waals surface area contributed by atoms with Crippen molar-refractivity contribution in [1.29, 1.82) is 0 Å². The molecule has 0 saturated heterocycles. The van der Waals surface area contributed by atoms with E-state index in [2.05, 4.69) is 52.1 Å². The molecule has 4 rings (SSSR count). The molecule has 2 aromatic heterocycles. The molecule has 0 unspecified atom stereocenters. The number of hydrogen-bond acceptors (Lipinski definition) is 6. The molecule has 0 aliphatic rings. The van der Waals surface area contributed by atoms with Gasteiger partial charge < -0.3 is 15.8 Å². The summed E-state index contributed by atoms with van der Waals surface area (Å²) in [7, 11) is 0. The van der Waals surface area contributed by atoms with E-state index in [1.165, 1.54) is 18.0 Å². The van der Waals surface area contributed by atoms with Gasteiger partial charge in [-0.05, 0) is 30.7 Å². The second kappa shape index (κ2) is 9.13. The number of nitrogen functional groups attached to an aromatic ring is 1. The van der Waals surface area contributed by atoms with Crippen LogP contribution in [0.2, 0.25) is 0 Å². The first-order valence-corrected chi connectivity index (χ1v) is 9.92. The van der Waals surface area contributed by atoms with Crippen LogP contribution in [0, 0.1) is 6.92 Å². The van der Waals surface area contributed by atoms with Gasteiger partial charge >= 0.3 is 0 Å². The lowest BCUT2D eigenvalue weighted by Gasteiger charge is -2.11. The minimum Gasteiger partial charge on any atom is -0.438 e. The average Bonchev–Trinajstić information content (AvgIpc) is 3.22. The molecule has 3 N–H and O–H groups in total. The van der Waals surface area contributed by atoms with Crippen LogP contribution in [0.4, 0.5) is 11.5 Å². The number of anilines is 2. The highest BCUT2D eigenvalue weighted by Crippen LogP contribution is 2.35. The van der Waals surface area contributed by atoms with Gasteiger partial charge in [0.15, 0.2) is 0 Å². The minimum atomic E-state index is -0.310. The third-order valence-corrected chi connectivity index (χ3v) is 4.69. The maximum atomic E-state index is 11.6. The van der Waals surface area contributed by atoms with Crippen LogP contribution in [0.15, 0.2) is 79.9 Å². The maximum absolute atomic E-state index is 11.6. The van der Waals surface area contributed by atoms with E-state index in [9.17, 15) is 4.79 Å². The number of ether oxygens (including phenoxy) is 1. The molecular weight excluding hydrogens is 404 g/mol. The highest BCUT2D eigenvalue weighted by molar-refractivity contribution is 5.98. The quantitative estimate of drug-likeness (QED) is 0.429. The third-order valence-electron chi connectivity index (χ3n) is 4.69. The lowest BCUT2D eigenvalue weighted by atomic mass is 10.1. The molecule has 0 saturated carbocycles. The van der Waals surface area contributed by atoms with Gasteiger partial charge in [-0.25, -0.2) is 9.97 Å². The Hall–Kier alpha value is -4.46. The van der Waals surface area contributed by atoms with Crippen molar-refractivity contribution >= 4 is 17.4 Å². The molecule has 0 radical (unpaired) electrons. The summed E-state index contributed by atoms with van der Waals surface area (Å²) in [5, 5.41) is 7.15. The van der Waals surface area contributed by atoms with Gasteiger partial charge in [0.05, 0.1) is 18.3 Å². The number of rotatable bonds is 7. The Morgan fingerprint density at radius 2 is 2.06 bits per heavy atom. The molecule has 8 nitrogen and oxygen atoms in total. The fourth-order valence-corrected chi connectivity index (χ4v) is 3.25. The molecule has 0 aliphatic carbocycles. The van der Waals surface area contributed by atoms with Gasteiger partial charge in [-0.1, -0.05) is 42.5 Å². The van der Waals surface area contributed by atoms with Gasteiger partial charge in [0.25, 0.3) is 0 Å². The van der Waals surface area contributed by atoms with Crippen molar-refractivity contribution in [1.82, 2.24) is 19.7 Å². The lowest BCUT2D eigenvalue weighted by molar-refractivity contribution is -0.111. The third kappa shape index (κ3) is 4.81. The zero-order chi connectivity index (χ0) is 22.5. The van der Waals surface area contributed by atoms with Gasteiger partial charge in [-0.3, -0.25) is 9.48 Å². The summed E-state index contributed by atoms with van der Waals surface area (Å²) in [4.78, 5) is 20.0. The molecular formula is C24H22N6O2. The van der Waals surface area contributed by atoms with Gasteiger partial charge in [0.1, 0.15) is 17.9 Å². The maximum Gasteiger partial charge on any atom is 0.247 e. The smallest absolute Gasteiger partial charge is 0.247 e. The second-order valence-electron chi connectivity index (χ2n) is 7.18. The van der Waals surface area contributed by atoms with Crippen molar-refractivity contribution in [2.45, 2.75) is 13.5 Å². The first kappa shape index (κ1) is 20.8. The molecule has 0 atom stereocenters. The van der Waals surface area contributed by atoms with Crippen LogP contribution in [0.3, 0.4) is 0 Å². The Morgan fingerprint density at radius 3 is 2.88 bits per heavy atom. The van der Waals surface area contributed by atoms with E-state index >= 15 is 0 Å². The number of aryl methyl sites for hydroxylation is 1. The molecule has 0 fully saturated rings. The molecule has 1 amide bonds. The van der Waals surface area contributed by atoms with E-state index in [4.69, 9.17) is 10.5 Å². The summed E-state index contributed by atoms with van der Waals surface area (Å²) >= 11 is 0. The Labute approximate surface area is 185 Å². The fourth-order valence-electron chi connectivity index (χ4n) is 3.25. The normalized spacial score (nSPS) is 10.5. The van der Waals surface area contributed by atoms with Crippen molar-refractivity contribution in [3.05, 3.63) is 91.0 Å². The minimum absolute atomic E-state index is 0.279. The highest BCUT2D eigenvalue weighted by atomic mass is 16.5. The van der Waals surface area contributed by atoms with Crippen molar-refractivity contribution in [3.63, 3.8) is 0 Å². The molecule has 8 heteroatoms. The highest BCUT2D eigenvalue weighted by Gasteiger charge is 2.16. The largest absolute Gasteiger partial charge is 0.438 e. The topological polar surface area (TPSA) is 108 Å². The second-order valence-corrected chi connectivity index (χ2v) is 7.18. The van der Waals surface area contributed by atoms with Crippen LogP contribution >= 0.6 is 0 Å². The fraction of sp³-hybridized carbons (Fsp3) is 0.0833.